The fraction of sp³-hybridized carbons (Fsp3) is 0.567. The molecule has 0 saturated heterocycles. The average molecular weight is 461 g/mol. The van der Waals surface area contributed by atoms with Crippen molar-refractivity contribution in [3.05, 3.63) is 53.6 Å². The minimum Gasteiger partial charge on any atom is -0.543 e. The maximum Gasteiger partial charge on any atom is 0.250 e. The lowest BCUT2D eigenvalue weighted by Gasteiger charge is -2.57. The van der Waals surface area contributed by atoms with Gasteiger partial charge in [0.05, 0.1) is 0 Å². The van der Waals surface area contributed by atoms with E-state index >= 15 is 0 Å². The zero-order valence-electron chi connectivity index (χ0n) is 21.3. The summed E-state index contributed by atoms with van der Waals surface area (Å²) < 4.78 is 7.02. The van der Waals surface area contributed by atoms with Crippen LogP contribution in [0.15, 0.2) is 42.5 Å². The molecule has 0 heterocycles. The normalized spacial score (nSPS) is 28.7. The lowest BCUT2D eigenvalue weighted by Crippen LogP contribution is -2.49. The molecule has 0 atom stereocenters. The minimum atomic E-state index is -1.96. The molecule has 2 aromatic rings. The van der Waals surface area contributed by atoms with Crippen molar-refractivity contribution in [2.75, 3.05) is 0 Å². The minimum absolute atomic E-state index is 0.121. The highest BCUT2D eigenvalue weighted by Crippen LogP contribution is 2.62. The van der Waals surface area contributed by atoms with Gasteiger partial charge in [-0.25, -0.2) is 0 Å². The van der Waals surface area contributed by atoms with E-state index in [2.05, 4.69) is 64.2 Å². The van der Waals surface area contributed by atoms with Crippen molar-refractivity contribution in [2.45, 2.75) is 89.8 Å². The third kappa shape index (κ3) is 4.11. The third-order valence-corrected chi connectivity index (χ3v) is 13.7. The molecular formula is C30H40O2Si. The van der Waals surface area contributed by atoms with Crippen LogP contribution in [0.4, 0.5) is 0 Å². The summed E-state index contributed by atoms with van der Waals surface area (Å²) >= 11 is 0. The lowest BCUT2D eigenvalue weighted by molar-refractivity contribution is -0.00584. The van der Waals surface area contributed by atoms with Gasteiger partial charge in [-0.15, -0.1) is 0 Å². The second-order valence-electron chi connectivity index (χ2n) is 12.9. The first-order valence-corrected chi connectivity index (χ1v) is 15.8. The molecule has 0 aliphatic heterocycles. The number of Topliss-reactive ketones (excluding diaryl/α,β-unsaturated/α-hetero) is 1. The van der Waals surface area contributed by atoms with E-state index in [9.17, 15) is 4.79 Å². The van der Waals surface area contributed by atoms with Gasteiger partial charge in [0.15, 0.2) is 5.78 Å². The molecule has 2 nitrogen and oxygen atoms in total. The van der Waals surface area contributed by atoms with Crippen molar-refractivity contribution in [1.29, 1.82) is 0 Å². The summed E-state index contributed by atoms with van der Waals surface area (Å²) in [6.07, 6.45) is 8.30. The van der Waals surface area contributed by atoms with Gasteiger partial charge in [0.25, 0.3) is 0 Å². The molecule has 4 aliphatic carbocycles. The predicted octanol–water partition coefficient (Wildman–Crippen LogP) is 8.41. The van der Waals surface area contributed by atoms with E-state index in [0.717, 1.165) is 34.6 Å². The molecule has 6 rings (SSSR count). The predicted molar refractivity (Wildman–Crippen MR) is 140 cm³/mol. The summed E-state index contributed by atoms with van der Waals surface area (Å²) in [7, 11) is -1.96. The molecule has 4 fully saturated rings. The number of rotatable bonds is 5. The van der Waals surface area contributed by atoms with E-state index in [-0.39, 0.29) is 16.2 Å². The monoisotopic (exact) mass is 460 g/mol. The summed E-state index contributed by atoms with van der Waals surface area (Å²) in [5, 5.41) is 0.167. The summed E-state index contributed by atoms with van der Waals surface area (Å²) in [6.45, 7) is 13.3. The highest BCUT2D eigenvalue weighted by Gasteiger charge is 2.53. The molecule has 176 valence electrons. The van der Waals surface area contributed by atoms with Crippen LogP contribution in [0, 0.1) is 17.8 Å². The molecule has 0 radical (unpaired) electrons. The largest absolute Gasteiger partial charge is 0.543 e. The van der Waals surface area contributed by atoms with Crippen molar-refractivity contribution in [2.24, 2.45) is 17.8 Å². The van der Waals surface area contributed by atoms with Crippen LogP contribution >= 0.6 is 0 Å². The second-order valence-corrected chi connectivity index (χ2v) is 17.6. The van der Waals surface area contributed by atoms with E-state index in [4.69, 9.17) is 4.43 Å². The SMILES string of the molecule is CC(=O)c1cccc(-c2ccc(O[Si](C)(C)C(C)(C)C)c(C34CC5CC(CC(C5)C3)C4)c2)c1. The Bertz CT molecular complexity index is 1040. The molecule has 0 unspecified atom stereocenters. The standard InChI is InChI=1S/C30H40O2Si/c1-20(31)24-8-7-9-25(15-24)26-10-11-28(32-33(5,6)29(2,3)4)27(16-26)30-17-21-12-22(18-30)14-23(13-21)19-30/h7-11,15-16,21-23H,12-14,17-19H2,1-6H3. The van der Waals surface area contributed by atoms with E-state index < -0.39 is 8.32 Å². The number of carbonyl (C=O) groups excluding carboxylic acids is 1. The Morgan fingerprint density at radius 2 is 1.48 bits per heavy atom. The molecule has 33 heavy (non-hydrogen) atoms. The smallest absolute Gasteiger partial charge is 0.250 e. The quantitative estimate of drug-likeness (QED) is 0.331. The first kappa shape index (κ1) is 22.9. The van der Waals surface area contributed by atoms with Crippen molar-refractivity contribution in [1.82, 2.24) is 0 Å². The first-order valence-electron chi connectivity index (χ1n) is 12.9. The van der Waals surface area contributed by atoms with Gasteiger partial charge in [-0.2, -0.15) is 0 Å². The van der Waals surface area contributed by atoms with Crippen molar-refractivity contribution < 1.29 is 9.22 Å². The van der Waals surface area contributed by atoms with E-state index in [1.165, 1.54) is 49.7 Å². The summed E-state index contributed by atoms with van der Waals surface area (Å²) in [5.74, 6) is 3.93. The van der Waals surface area contributed by atoms with Crippen LogP contribution in [0.5, 0.6) is 5.75 Å². The number of hydrogen-bond acceptors (Lipinski definition) is 2. The molecule has 0 N–H and O–H groups in total. The maximum absolute atomic E-state index is 12.0. The molecule has 0 spiro atoms. The molecule has 2 aromatic carbocycles. The molecular weight excluding hydrogens is 420 g/mol. The van der Waals surface area contributed by atoms with Crippen molar-refractivity contribution >= 4 is 14.1 Å². The lowest BCUT2D eigenvalue weighted by atomic mass is 9.48. The van der Waals surface area contributed by atoms with Gasteiger partial charge in [0, 0.05) is 5.56 Å². The van der Waals surface area contributed by atoms with E-state index in [0.29, 0.717) is 0 Å². The topological polar surface area (TPSA) is 26.3 Å². The molecule has 0 amide bonds. The fourth-order valence-corrected chi connectivity index (χ4v) is 8.03. The number of carbonyl (C=O) groups is 1. The Morgan fingerprint density at radius 3 is 2.03 bits per heavy atom. The van der Waals surface area contributed by atoms with E-state index in [1.807, 2.05) is 12.1 Å². The Labute approximate surface area is 201 Å². The van der Waals surface area contributed by atoms with Gasteiger partial charge < -0.3 is 4.43 Å². The zero-order chi connectivity index (χ0) is 23.6. The highest BCUT2D eigenvalue weighted by molar-refractivity contribution is 6.74. The average Bonchev–Trinajstić information content (AvgIpc) is 2.72. The van der Waals surface area contributed by atoms with Crippen LogP contribution in [0.2, 0.25) is 18.1 Å². The van der Waals surface area contributed by atoms with Crippen molar-refractivity contribution in [3.8, 4) is 16.9 Å². The third-order valence-electron chi connectivity index (χ3n) is 9.36. The van der Waals surface area contributed by atoms with Crippen LogP contribution in [-0.2, 0) is 5.41 Å². The van der Waals surface area contributed by atoms with Gasteiger partial charge in [0.2, 0.25) is 8.32 Å². The zero-order valence-corrected chi connectivity index (χ0v) is 22.3. The highest BCUT2D eigenvalue weighted by atomic mass is 28.4. The van der Waals surface area contributed by atoms with Gasteiger partial charge in [-0.1, -0.05) is 45.0 Å². The molecule has 4 bridgehead atoms. The van der Waals surface area contributed by atoms with Crippen LogP contribution in [0.3, 0.4) is 0 Å². The summed E-state index contributed by atoms with van der Waals surface area (Å²) in [5.41, 5.74) is 4.85. The Morgan fingerprint density at radius 1 is 0.909 bits per heavy atom. The molecule has 4 aliphatic rings. The molecule has 4 saturated carbocycles. The van der Waals surface area contributed by atoms with E-state index in [1.54, 1.807) is 6.92 Å². The number of hydrogen-bond donors (Lipinski definition) is 0. The number of benzene rings is 2. The molecule has 0 aromatic heterocycles. The van der Waals surface area contributed by atoms with Crippen LogP contribution in [0.1, 0.15) is 82.1 Å². The Balaban J connectivity index is 1.62. The van der Waals surface area contributed by atoms with Crippen LogP contribution in [-0.4, -0.2) is 14.1 Å². The first-order chi connectivity index (χ1) is 15.5. The Kier molecular flexibility index (Phi) is 5.43. The Hall–Kier alpha value is -1.87. The number of ketones is 1. The molecule has 3 heteroatoms. The second kappa shape index (κ2) is 7.83. The van der Waals surface area contributed by atoms with Crippen LogP contribution < -0.4 is 4.43 Å². The summed E-state index contributed by atoms with van der Waals surface area (Å²) in [6, 6.07) is 15.0. The van der Waals surface area contributed by atoms with Gasteiger partial charge >= 0.3 is 0 Å². The van der Waals surface area contributed by atoms with Gasteiger partial charge in [0.1, 0.15) is 5.75 Å². The van der Waals surface area contributed by atoms with Crippen LogP contribution in [0.25, 0.3) is 11.1 Å². The fourth-order valence-electron chi connectivity index (χ4n) is 7.00. The summed E-state index contributed by atoms with van der Waals surface area (Å²) in [4.78, 5) is 12.0. The van der Waals surface area contributed by atoms with Gasteiger partial charge in [-0.3, -0.25) is 4.79 Å². The van der Waals surface area contributed by atoms with Gasteiger partial charge in [-0.05, 0) is 122 Å². The maximum atomic E-state index is 12.0. The van der Waals surface area contributed by atoms with Crippen molar-refractivity contribution in [3.63, 3.8) is 0 Å².